The summed E-state index contributed by atoms with van der Waals surface area (Å²) >= 11 is 6.24. The van der Waals surface area contributed by atoms with Gasteiger partial charge in [-0.3, -0.25) is 4.79 Å². The number of carboxylic acids is 1. The van der Waals surface area contributed by atoms with Crippen LogP contribution in [0.5, 0.6) is 5.88 Å². The number of hydrogen-bond donors (Lipinski definition) is 2. The molecule has 7 atom stereocenters. The van der Waals surface area contributed by atoms with Gasteiger partial charge in [-0.05, 0) is 67.6 Å². The maximum Gasteiger partial charge on any atom is 0.408 e. The molecule has 2 aliphatic heterocycles. The van der Waals surface area contributed by atoms with Crippen molar-refractivity contribution >= 4 is 40.6 Å². The maximum absolute atomic E-state index is 14.1. The minimum atomic E-state index is -1.14. The van der Waals surface area contributed by atoms with Crippen LogP contribution in [0.3, 0.4) is 0 Å². The number of aliphatic carboxylic acids is 1. The summed E-state index contributed by atoms with van der Waals surface area (Å²) in [7, 11) is 0. The molecule has 1 aromatic heterocycles. The largest absolute Gasteiger partial charge is 0.480 e. The highest BCUT2D eigenvalue weighted by Crippen LogP contribution is 2.38. The Kier molecular flexibility index (Phi) is 9.07. The average molecular weight is 615 g/mol. The molecule has 0 radical (unpaired) electrons. The second kappa shape index (κ2) is 12.5. The molecule has 43 heavy (non-hydrogen) atoms. The van der Waals surface area contributed by atoms with Crippen molar-refractivity contribution in [1.29, 1.82) is 0 Å². The molecule has 10 nitrogen and oxygen atoms in total. The van der Waals surface area contributed by atoms with Crippen LogP contribution in [0.15, 0.2) is 18.2 Å². The molecule has 0 spiro atoms. The van der Waals surface area contributed by atoms with Gasteiger partial charge in [0.1, 0.15) is 30.0 Å². The maximum atomic E-state index is 14.1. The predicted octanol–water partition coefficient (Wildman–Crippen LogP) is 5.63. The Balaban J connectivity index is 1.52. The first-order chi connectivity index (χ1) is 20.3. The lowest BCUT2D eigenvalue weighted by Gasteiger charge is -2.35. The van der Waals surface area contributed by atoms with Crippen molar-refractivity contribution in [2.75, 3.05) is 6.54 Å². The third-order valence-corrected chi connectivity index (χ3v) is 9.69. The molecule has 2 bridgehead atoms. The topological polar surface area (TPSA) is 131 Å². The number of carbonyl (C=O) groups excluding carboxylic acids is 2. The Morgan fingerprint density at radius 3 is 2.51 bits per heavy atom. The number of aryl methyl sites for hydroxylation is 1. The monoisotopic (exact) mass is 614 g/mol. The SMILES string of the molecule is CC1CCC2OC(=O)NC(C(C)(C)C)C(=O)N3CC(Oc4nc5cc(Cl)ccc5nc4CCCCCC12)C(C)C3C(=O)O. The molecule has 1 aliphatic carbocycles. The normalized spacial score (nSPS) is 30.8. The molecule has 234 valence electrons. The highest BCUT2D eigenvalue weighted by atomic mass is 35.5. The van der Waals surface area contributed by atoms with Crippen LogP contribution in [-0.2, 0) is 20.7 Å². The number of fused-ring (bicyclic) bond motifs is 5. The van der Waals surface area contributed by atoms with Crippen molar-refractivity contribution in [2.45, 2.75) is 104 Å². The van der Waals surface area contributed by atoms with Crippen LogP contribution in [-0.4, -0.2) is 68.8 Å². The van der Waals surface area contributed by atoms with E-state index in [0.717, 1.165) is 38.5 Å². The molecule has 2 N–H and O–H groups in total. The number of ether oxygens (including phenoxy) is 2. The van der Waals surface area contributed by atoms with E-state index in [9.17, 15) is 19.5 Å². The summed E-state index contributed by atoms with van der Waals surface area (Å²) in [6.45, 7) is 9.52. The first-order valence-corrected chi connectivity index (χ1v) is 15.8. The fourth-order valence-corrected chi connectivity index (χ4v) is 7.10. The van der Waals surface area contributed by atoms with Crippen LogP contribution >= 0.6 is 11.6 Å². The number of nitrogens with zero attached hydrogens (tertiary/aromatic N) is 3. The summed E-state index contributed by atoms with van der Waals surface area (Å²) in [5.41, 5.74) is 1.28. The van der Waals surface area contributed by atoms with Crippen LogP contribution in [0.2, 0.25) is 5.02 Å². The van der Waals surface area contributed by atoms with E-state index in [1.807, 2.05) is 26.8 Å². The van der Waals surface area contributed by atoms with Gasteiger partial charge in [0.05, 0.1) is 17.6 Å². The molecule has 2 aromatic rings. The molecule has 1 aromatic carbocycles. The van der Waals surface area contributed by atoms with Gasteiger partial charge in [-0.1, -0.05) is 59.1 Å². The van der Waals surface area contributed by atoms with Crippen molar-refractivity contribution in [2.24, 2.45) is 23.2 Å². The second-order valence-corrected chi connectivity index (χ2v) is 14.0. The molecule has 1 saturated carbocycles. The quantitative estimate of drug-likeness (QED) is 0.422. The number of halogens is 1. The van der Waals surface area contributed by atoms with Gasteiger partial charge in [-0.2, -0.15) is 0 Å². The summed E-state index contributed by atoms with van der Waals surface area (Å²) in [4.78, 5) is 50.8. The van der Waals surface area contributed by atoms with Crippen molar-refractivity contribution in [1.82, 2.24) is 20.2 Å². The van der Waals surface area contributed by atoms with Crippen LogP contribution in [0.4, 0.5) is 4.79 Å². The first kappa shape index (κ1) is 31.3. The number of carbonyl (C=O) groups is 3. The predicted molar refractivity (Wildman–Crippen MR) is 162 cm³/mol. The number of benzene rings is 1. The van der Waals surface area contributed by atoms with Gasteiger partial charge in [0, 0.05) is 10.9 Å². The molecule has 11 heteroatoms. The van der Waals surface area contributed by atoms with Crippen molar-refractivity contribution in [3.05, 3.63) is 28.9 Å². The number of hydrogen-bond acceptors (Lipinski definition) is 7. The molecule has 7 unspecified atom stereocenters. The number of rotatable bonds is 1. The van der Waals surface area contributed by atoms with Gasteiger partial charge in [-0.15, -0.1) is 0 Å². The van der Waals surface area contributed by atoms with Crippen molar-refractivity contribution in [3.8, 4) is 5.88 Å². The van der Waals surface area contributed by atoms with E-state index < -0.39 is 47.5 Å². The Morgan fingerprint density at radius 2 is 1.79 bits per heavy atom. The number of alkyl carbamates (subject to hydrolysis) is 1. The number of nitrogens with one attached hydrogen (secondary N) is 1. The molecular weight excluding hydrogens is 572 g/mol. The molecule has 2 amide bonds. The minimum Gasteiger partial charge on any atom is -0.480 e. The Morgan fingerprint density at radius 1 is 1.02 bits per heavy atom. The third kappa shape index (κ3) is 6.69. The van der Waals surface area contributed by atoms with Crippen LogP contribution in [0.1, 0.15) is 78.8 Å². The smallest absolute Gasteiger partial charge is 0.408 e. The zero-order chi connectivity index (χ0) is 31.1. The third-order valence-electron chi connectivity index (χ3n) is 9.46. The van der Waals surface area contributed by atoms with Gasteiger partial charge in [-0.25, -0.2) is 19.6 Å². The van der Waals surface area contributed by atoms with Gasteiger partial charge in [0.15, 0.2) is 0 Å². The Hall–Kier alpha value is -3.14. The van der Waals surface area contributed by atoms with Gasteiger partial charge >= 0.3 is 12.1 Å². The van der Waals surface area contributed by atoms with Gasteiger partial charge < -0.3 is 24.8 Å². The summed E-state index contributed by atoms with van der Waals surface area (Å²) in [6.07, 6.45) is 4.67. The van der Waals surface area contributed by atoms with E-state index >= 15 is 0 Å². The van der Waals surface area contributed by atoms with E-state index in [1.54, 1.807) is 19.1 Å². The standard InChI is InChI=1S/C32H43ClN4O6/c1-17-11-14-24-20(17)9-7-6-8-10-22-28(35-23-15-19(33)12-13-21(23)34-22)42-25-16-37(26(18(25)2)30(39)40)29(38)27(32(3,4)5)36-31(41)43-24/h12-13,15,17-18,20,24-27H,6-11,14,16H2,1-5H3,(H,36,41)(H,39,40). The Bertz CT molecular complexity index is 1380. The van der Waals surface area contributed by atoms with Gasteiger partial charge in [0.25, 0.3) is 0 Å². The first-order valence-electron chi connectivity index (χ1n) is 15.5. The average Bonchev–Trinajstić information content (AvgIpc) is 3.44. The number of aromatic nitrogens is 2. The van der Waals surface area contributed by atoms with Crippen LogP contribution < -0.4 is 10.1 Å². The molecule has 3 aliphatic rings. The lowest BCUT2D eigenvalue weighted by atomic mass is 9.85. The molecular formula is C32H43ClN4O6. The molecule has 3 heterocycles. The number of amides is 2. The fourth-order valence-electron chi connectivity index (χ4n) is 6.93. The van der Waals surface area contributed by atoms with Crippen LogP contribution in [0.25, 0.3) is 11.0 Å². The zero-order valence-corrected chi connectivity index (χ0v) is 26.4. The van der Waals surface area contributed by atoms with E-state index in [-0.39, 0.29) is 18.6 Å². The molecule has 1 saturated heterocycles. The molecule has 5 rings (SSSR count). The van der Waals surface area contributed by atoms with E-state index in [2.05, 4.69) is 12.2 Å². The summed E-state index contributed by atoms with van der Waals surface area (Å²) in [5.74, 6) is -1.15. The summed E-state index contributed by atoms with van der Waals surface area (Å²) in [5, 5.41) is 13.6. The minimum absolute atomic E-state index is 0.0250. The summed E-state index contributed by atoms with van der Waals surface area (Å²) in [6, 6.07) is 3.19. The van der Waals surface area contributed by atoms with Gasteiger partial charge in [0.2, 0.25) is 11.8 Å². The Labute approximate surface area is 257 Å². The lowest BCUT2D eigenvalue weighted by Crippen LogP contribution is -2.57. The van der Waals surface area contributed by atoms with Crippen molar-refractivity contribution in [3.63, 3.8) is 0 Å². The van der Waals surface area contributed by atoms with E-state index in [0.29, 0.717) is 40.0 Å². The fraction of sp³-hybridized carbons (Fsp3) is 0.656. The molecule has 2 fully saturated rings. The number of carboxylic acid groups (broad SMARTS) is 1. The summed E-state index contributed by atoms with van der Waals surface area (Å²) < 4.78 is 12.4. The zero-order valence-electron chi connectivity index (χ0n) is 25.6. The highest BCUT2D eigenvalue weighted by Gasteiger charge is 2.50. The second-order valence-electron chi connectivity index (χ2n) is 13.6. The van der Waals surface area contributed by atoms with E-state index in [1.165, 1.54) is 4.90 Å². The van der Waals surface area contributed by atoms with Crippen molar-refractivity contribution < 1.29 is 29.0 Å². The lowest BCUT2D eigenvalue weighted by molar-refractivity contribution is -0.151. The van der Waals surface area contributed by atoms with E-state index in [4.69, 9.17) is 31.0 Å². The highest BCUT2D eigenvalue weighted by molar-refractivity contribution is 6.31. The van der Waals surface area contributed by atoms with Crippen LogP contribution in [0, 0.1) is 23.2 Å².